The van der Waals surface area contributed by atoms with Gasteiger partial charge in [0.05, 0.1) is 6.04 Å². The molecule has 36 heavy (non-hydrogen) atoms. The Kier molecular flexibility index (Phi) is 6.27. The Morgan fingerprint density at radius 2 is 1.89 bits per heavy atom. The van der Waals surface area contributed by atoms with Crippen molar-refractivity contribution in [2.75, 3.05) is 33.0 Å². The monoisotopic (exact) mass is 504 g/mol. The summed E-state index contributed by atoms with van der Waals surface area (Å²) in [5, 5.41) is 2.08. The van der Waals surface area contributed by atoms with Crippen molar-refractivity contribution in [2.24, 2.45) is 5.92 Å². The summed E-state index contributed by atoms with van der Waals surface area (Å²) in [6, 6.07) is 16.8. The van der Waals surface area contributed by atoms with Gasteiger partial charge in [-0.1, -0.05) is 18.2 Å². The van der Waals surface area contributed by atoms with E-state index in [-0.39, 0.29) is 31.2 Å². The number of fused-ring (bicyclic) bond motifs is 2. The van der Waals surface area contributed by atoms with E-state index in [9.17, 15) is 9.59 Å². The summed E-state index contributed by atoms with van der Waals surface area (Å²) in [4.78, 5) is 32.1. The minimum absolute atomic E-state index is 0.0467. The molecule has 0 spiro atoms. The van der Waals surface area contributed by atoms with Gasteiger partial charge in [0.25, 0.3) is 5.91 Å². The van der Waals surface area contributed by atoms with Gasteiger partial charge in [0.1, 0.15) is 18.9 Å². The SMILES string of the molecule is O=C(c1ccc2c(c1)OCO2)N(CC(=O)N1CCc2sccc2[C@@H]1COc1ccccc1)CC1CC1. The highest BCUT2D eigenvalue weighted by atomic mass is 32.1. The zero-order valence-corrected chi connectivity index (χ0v) is 20.7. The third-order valence-electron chi connectivity index (χ3n) is 6.97. The zero-order chi connectivity index (χ0) is 24.5. The first-order valence-corrected chi connectivity index (χ1v) is 13.3. The molecule has 1 fully saturated rings. The van der Waals surface area contributed by atoms with Gasteiger partial charge in [-0.3, -0.25) is 9.59 Å². The van der Waals surface area contributed by atoms with Crippen LogP contribution in [0.15, 0.2) is 60.0 Å². The summed E-state index contributed by atoms with van der Waals surface area (Å²) in [7, 11) is 0. The molecule has 3 aliphatic rings. The van der Waals surface area contributed by atoms with E-state index < -0.39 is 0 Å². The minimum atomic E-state index is -0.184. The van der Waals surface area contributed by atoms with Crippen LogP contribution in [0.4, 0.5) is 0 Å². The fraction of sp³-hybridized carbons (Fsp3) is 0.357. The van der Waals surface area contributed by atoms with Crippen LogP contribution in [0.1, 0.15) is 39.7 Å². The third kappa shape index (κ3) is 4.78. The highest BCUT2D eigenvalue weighted by Gasteiger charge is 2.35. The van der Waals surface area contributed by atoms with E-state index >= 15 is 0 Å². The molecule has 3 aromatic rings. The normalized spacial score (nSPS) is 18.0. The molecule has 1 saturated carbocycles. The summed E-state index contributed by atoms with van der Waals surface area (Å²) >= 11 is 1.73. The average Bonchev–Trinajstić information content (AvgIpc) is 3.38. The van der Waals surface area contributed by atoms with Crippen molar-refractivity contribution in [1.82, 2.24) is 9.80 Å². The quantitative estimate of drug-likeness (QED) is 0.451. The van der Waals surface area contributed by atoms with E-state index in [1.54, 1.807) is 34.4 Å². The van der Waals surface area contributed by atoms with E-state index in [2.05, 4.69) is 11.4 Å². The molecule has 2 aromatic carbocycles. The lowest BCUT2D eigenvalue weighted by molar-refractivity contribution is -0.135. The fourth-order valence-corrected chi connectivity index (χ4v) is 5.79. The molecule has 0 saturated heterocycles. The minimum Gasteiger partial charge on any atom is -0.491 e. The first-order valence-electron chi connectivity index (χ1n) is 12.4. The summed E-state index contributed by atoms with van der Waals surface area (Å²) < 4.78 is 16.9. The number of ether oxygens (including phenoxy) is 3. The van der Waals surface area contributed by atoms with E-state index in [1.807, 2.05) is 35.2 Å². The van der Waals surface area contributed by atoms with Crippen molar-refractivity contribution < 1.29 is 23.8 Å². The van der Waals surface area contributed by atoms with Crippen LogP contribution in [-0.4, -0.2) is 54.6 Å². The summed E-state index contributed by atoms with van der Waals surface area (Å²) in [6.45, 7) is 1.78. The number of hydrogen-bond acceptors (Lipinski definition) is 6. The molecule has 6 rings (SSSR count). The standard InChI is InChI=1S/C28H28N2O5S/c31-27(16-29(15-19-6-7-19)28(32)20-8-9-24-25(14-20)35-18-34-24)30-12-10-26-22(11-13-36-26)23(30)17-33-21-4-2-1-3-5-21/h1-5,8-9,11,13-14,19,23H,6-7,10,12,15-18H2/t23-/m0/s1. The second-order valence-electron chi connectivity index (χ2n) is 9.47. The Balaban J connectivity index is 1.21. The Morgan fingerprint density at radius 1 is 1.06 bits per heavy atom. The number of carbonyl (C=O) groups excluding carboxylic acids is 2. The van der Waals surface area contributed by atoms with Crippen LogP contribution in [0.3, 0.4) is 0 Å². The van der Waals surface area contributed by atoms with E-state index in [4.69, 9.17) is 14.2 Å². The van der Waals surface area contributed by atoms with E-state index in [0.717, 1.165) is 30.6 Å². The number of amides is 2. The second-order valence-corrected chi connectivity index (χ2v) is 10.5. The molecule has 1 atom stereocenters. The molecule has 0 radical (unpaired) electrons. The Hall–Kier alpha value is -3.52. The van der Waals surface area contributed by atoms with Crippen LogP contribution in [0.5, 0.6) is 17.2 Å². The van der Waals surface area contributed by atoms with Gasteiger partial charge in [-0.25, -0.2) is 0 Å². The molecule has 8 heteroatoms. The number of thiophene rings is 1. The van der Waals surface area contributed by atoms with Crippen LogP contribution in [0.25, 0.3) is 0 Å². The van der Waals surface area contributed by atoms with Gasteiger partial charge < -0.3 is 24.0 Å². The number of hydrogen-bond donors (Lipinski definition) is 0. The lowest BCUT2D eigenvalue weighted by atomic mass is 10.00. The molecule has 0 N–H and O–H groups in total. The largest absolute Gasteiger partial charge is 0.491 e. The van der Waals surface area contributed by atoms with Gasteiger partial charge in [0.2, 0.25) is 12.7 Å². The maximum absolute atomic E-state index is 13.7. The van der Waals surface area contributed by atoms with Crippen molar-refractivity contribution in [3.8, 4) is 17.2 Å². The first kappa shape index (κ1) is 22.9. The highest BCUT2D eigenvalue weighted by Crippen LogP contribution is 2.36. The van der Waals surface area contributed by atoms with Gasteiger partial charge in [0.15, 0.2) is 11.5 Å². The van der Waals surface area contributed by atoms with Crippen LogP contribution >= 0.6 is 11.3 Å². The van der Waals surface area contributed by atoms with Crippen molar-refractivity contribution in [3.63, 3.8) is 0 Å². The topological polar surface area (TPSA) is 68.3 Å². The molecule has 0 unspecified atom stereocenters. The first-order chi connectivity index (χ1) is 17.7. The molecule has 7 nitrogen and oxygen atoms in total. The maximum Gasteiger partial charge on any atom is 0.254 e. The second kappa shape index (κ2) is 9.85. The molecule has 186 valence electrons. The summed E-state index contributed by atoms with van der Waals surface area (Å²) in [5.41, 5.74) is 1.65. The van der Waals surface area contributed by atoms with Gasteiger partial charge >= 0.3 is 0 Å². The van der Waals surface area contributed by atoms with Crippen molar-refractivity contribution in [1.29, 1.82) is 0 Å². The highest BCUT2D eigenvalue weighted by molar-refractivity contribution is 7.10. The third-order valence-corrected chi connectivity index (χ3v) is 7.97. The van der Waals surface area contributed by atoms with Crippen molar-refractivity contribution >= 4 is 23.2 Å². The molecular weight excluding hydrogens is 476 g/mol. The number of rotatable bonds is 8. The lowest BCUT2D eigenvalue weighted by Crippen LogP contribution is -2.48. The average molecular weight is 505 g/mol. The van der Waals surface area contributed by atoms with Crippen molar-refractivity contribution in [3.05, 3.63) is 76.0 Å². The number of benzene rings is 2. The number of para-hydroxylation sites is 1. The predicted molar refractivity (Wildman–Crippen MR) is 136 cm³/mol. The molecular formula is C28H28N2O5S. The Bertz CT molecular complexity index is 1260. The Morgan fingerprint density at radius 3 is 2.72 bits per heavy atom. The van der Waals surface area contributed by atoms with Crippen LogP contribution in [0.2, 0.25) is 0 Å². The van der Waals surface area contributed by atoms with Gasteiger partial charge in [-0.05, 0) is 72.5 Å². The van der Waals surface area contributed by atoms with Gasteiger partial charge in [-0.2, -0.15) is 0 Å². The number of carbonyl (C=O) groups is 2. The van der Waals surface area contributed by atoms with Crippen LogP contribution < -0.4 is 14.2 Å². The predicted octanol–water partition coefficient (Wildman–Crippen LogP) is 4.53. The molecule has 2 aliphatic heterocycles. The smallest absolute Gasteiger partial charge is 0.254 e. The lowest BCUT2D eigenvalue weighted by Gasteiger charge is -2.37. The van der Waals surface area contributed by atoms with Crippen molar-refractivity contribution in [2.45, 2.75) is 25.3 Å². The van der Waals surface area contributed by atoms with Crippen LogP contribution in [-0.2, 0) is 11.2 Å². The molecule has 3 heterocycles. The van der Waals surface area contributed by atoms with Crippen LogP contribution in [0, 0.1) is 5.92 Å². The van der Waals surface area contributed by atoms with E-state index in [1.165, 1.54) is 4.88 Å². The molecule has 0 bridgehead atoms. The molecule has 1 aromatic heterocycles. The zero-order valence-electron chi connectivity index (χ0n) is 19.9. The fourth-order valence-electron chi connectivity index (χ4n) is 4.86. The summed E-state index contributed by atoms with van der Waals surface area (Å²) in [6.07, 6.45) is 3.00. The maximum atomic E-state index is 13.7. The molecule has 1 aliphatic carbocycles. The number of nitrogens with zero attached hydrogens (tertiary/aromatic N) is 2. The molecule has 2 amide bonds. The van der Waals surface area contributed by atoms with Gasteiger partial charge in [0, 0.05) is 23.5 Å². The Labute approximate surface area is 214 Å². The van der Waals surface area contributed by atoms with E-state index in [0.29, 0.717) is 42.7 Å². The van der Waals surface area contributed by atoms with Gasteiger partial charge in [-0.15, -0.1) is 11.3 Å². The summed E-state index contributed by atoms with van der Waals surface area (Å²) in [5.74, 6) is 2.23.